The summed E-state index contributed by atoms with van der Waals surface area (Å²) < 4.78 is 13.0. The topological polar surface area (TPSA) is 35.6 Å². The molecule has 5 heteroatoms. The smallest absolute Gasteiger partial charge is 0.223 e. The van der Waals surface area contributed by atoms with Crippen molar-refractivity contribution in [2.24, 2.45) is 11.8 Å². The van der Waals surface area contributed by atoms with Gasteiger partial charge in [-0.25, -0.2) is 4.39 Å². The average Bonchev–Trinajstić information content (AvgIpc) is 2.66. The summed E-state index contributed by atoms with van der Waals surface area (Å²) in [4.78, 5) is 17.2. The van der Waals surface area contributed by atoms with Crippen LogP contribution in [0, 0.1) is 17.7 Å². The van der Waals surface area contributed by atoms with E-state index in [1.165, 1.54) is 38.1 Å². The zero-order valence-electron chi connectivity index (χ0n) is 15.9. The second-order valence-electron chi connectivity index (χ2n) is 8.00. The van der Waals surface area contributed by atoms with Crippen molar-refractivity contribution in [3.63, 3.8) is 0 Å². The Morgan fingerprint density at radius 3 is 2.38 bits per heavy atom. The number of hydrogen-bond donors (Lipinski definition) is 1. The summed E-state index contributed by atoms with van der Waals surface area (Å²) in [7, 11) is 2.18. The number of halogens is 1. The Kier molecular flexibility index (Phi) is 7.03. The molecule has 4 nitrogen and oxygen atoms in total. The van der Waals surface area contributed by atoms with Crippen LogP contribution < -0.4 is 5.32 Å². The largest absolute Gasteiger partial charge is 0.356 e. The van der Waals surface area contributed by atoms with Crippen LogP contribution >= 0.6 is 0 Å². The first-order valence-corrected chi connectivity index (χ1v) is 10.0. The number of amides is 1. The Hall–Kier alpha value is -1.46. The molecule has 0 radical (unpaired) electrons. The molecule has 0 aromatic heterocycles. The van der Waals surface area contributed by atoms with Gasteiger partial charge in [-0.1, -0.05) is 12.1 Å². The number of nitrogens with zero attached hydrogens (tertiary/aromatic N) is 2. The highest BCUT2D eigenvalue weighted by molar-refractivity contribution is 5.78. The van der Waals surface area contributed by atoms with Crippen LogP contribution in [-0.4, -0.2) is 55.5 Å². The van der Waals surface area contributed by atoms with Crippen molar-refractivity contribution in [3.8, 4) is 0 Å². The van der Waals surface area contributed by atoms with Gasteiger partial charge in [0.05, 0.1) is 0 Å². The first-order chi connectivity index (χ1) is 12.6. The van der Waals surface area contributed by atoms with Crippen LogP contribution in [0.25, 0.3) is 0 Å². The molecule has 0 saturated carbocycles. The van der Waals surface area contributed by atoms with Crippen LogP contribution in [0.3, 0.4) is 0 Å². The fourth-order valence-corrected chi connectivity index (χ4v) is 4.10. The summed E-state index contributed by atoms with van der Waals surface area (Å²) >= 11 is 0. The molecule has 2 aliphatic heterocycles. The lowest BCUT2D eigenvalue weighted by Gasteiger charge is -2.32. The maximum atomic E-state index is 13.0. The molecule has 2 fully saturated rings. The standard InChI is InChI=1S/C21H32FN3O/c1-24-12-7-17(8-13-24)6-11-23-21(26)19-9-14-25(15-10-19)16-18-2-4-20(22)5-3-18/h2-5,17,19H,6-16H2,1H3,(H,23,26). The normalized spacial score (nSPS) is 21.0. The van der Waals surface area contributed by atoms with E-state index in [2.05, 4.69) is 22.2 Å². The molecule has 3 rings (SSSR count). The van der Waals surface area contributed by atoms with E-state index in [4.69, 9.17) is 0 Å². The number of carbonyl (C=O) groups excluding carboxylic acids is 1. The van der Waals surface area contributed by atoms with E-state index in [-0.39, 0.29) is 17.6 Å². The molecule has 1 aromatic rings. The van der Waals surface area contributed by atoms with Crippen molar-refractivity contribution < 1.29 is 9.18 Å². The zero-order chi connectivity index (χ0) is 18.4. The predicted octanol–water partition coefficient (Wildman–Crippen LogP) is 2.89. The molecular formula is C21H32FN3O. The van der Waals surface area contributed by atoms with E-state index in [9.17, 15) is 9.18 Å². The van der Waals surface area contributed by atoms with Gasteiger partial charge in [0.2, 0.25) is 5.91 Å². The highest BCUT2D eigenvalue weighted by Crippen LogP contribution is 2.21. The number of hydrogen-bond acceptors (Lipinski definition) is 3. The van der Waals surface area contributed by atoms with Crippen molar-refractivity contribution in [3.05, 3.63) is 35.6 Å². The molecule has 2 aliphatic rings. The molecule has 0 spiro atoms. The fraction of sp³-hybridized carbons (Fsp3) is 0.667. The van der Waals surface area contributed by atoms with Crippen LogP contribution in [0.1, 0.15) is 37.7 Å². The van der Waals surface area contributed by atoms with Gasteiger partial charge in [0.25, 0.3) is 0 Å². The molecule has 2 heterocycles. The third kappa shape index (κ3) is 5.78. The molecule has 2 saturated heterocycles. The third-order valence-electron chi connectivity index (χ3n) is 5.97. The highest BCUT2D eigenvalue weighted by Gasteiger charge is 2.25. The molecule has 0 aliphatic carbocycles. The minimum Gasteiger partial charge on any atom is -0.356 e. The molecule has 0 unspecified atom stereocenters. The molecule has 0 bridgehead atoms. The number of nitrogens with one attached hydrogen (secondary N) is 1. The predicted molar refractivity (Wildman–Crippen MR) is 102 cm³/mol. The number of piperidine rings is 2. The lowest BCUT2D eigenvalue weighted by molar-refractivity contribution is -0.126. The Morgan fingerprint density at radius 1 is 1.08 bits per heavy atom. The van der Waals surface area contributed by atoms with Crippen molar-refractivity contribution in [2.75, 3.05) is 39.8 Å². The SMILES string of the molecule is CN1CCC(CCNC(=O)C2CCN(Cc3ccc(F)cc3)CC2)CC1. The lowest BCUT2D eigenvalue weighted by Crippen LogP contribution is -2.41. The van der Waals surface area contributed by atoms with Gasteiger partial charge < -0.3 is 10.2 Å². The van der Waals surface area contributed by atoms with Crippen molar-refractivity contribution in [1.29, 1.82) is 0 Å². The van der Waals surface area contributed by atoms with E-state index in [1.54, 1.807) is 0 Å². The first-order valence-electron chi connectivity index (χ1n) is 10.0. The van der Waals surface area contributed by atoms with Crippen molar-refractivity contribution in [2.45, 2.75) is 38.6 Å². The Morgan fingerprint density at radius 2 is 1.73 bits per heavy atom. The minimum atomic E-state index is -0.190. The average molecular weight is 362 g/mol. The van der Waals surface area contributed by atoms with Crippen molar-refractivity contribution >= 4 is 5.91 Å². The van der Waals surface area contributed by atoms with Gasteiger partial charge in [0.1, 0.15) is 5.82 Å². The molecule has 0 atom stereocenters. The quantitative estimate of drug-likeness (QED) is 0.846. The summed E-state index contributed by atoms with van der Waals surface area (Å²) in [6, 6.07) is 6.72. The van der Waals surface area contributed by atoms with Gasteiger partial charge in [-0.15, -0.1) is 0 Å². The van der Waals surface area contributed by atoms with Crippen LogP contribution in [0.15, 0.2) is 24.3 Å². The van der Waals surface area contributed by atoms with Crippen molar-refractivity contribution in [1.82, 2.24) is 15.1 Å². The second kappa shape index (κ2) is 9.47. The number of likely N-dealkylation sites (tertiary alicyclic amines) is 2. The number of benzene rings is 1. The van der Waals surface area contributed by atoms with Crippen LogP contribution in [0.5, 0.6) is 0 Å². The molecular weight excluding hydrogens is 329 g/mol. The van der Waals surface area contributed by atoms with E-state index in [0.29, 0.717) is 0 Å². The van der Waals surface area contributed by atoms with Crippen LogP contribution in [-0.2, 0) is 11.3 Å². The zero-order valence-corrected chi connectivity index (χ0v) is 15.9. The van der Waals surface area contributed by atoms with Gasteiger partial charge in [0, 0.05) is 19.0 Å². The lowest BCUT2D eigenvalue weighted by atomic mass is 9.93. The molecule has 144 valence electrons. The van der Waals surface area contributed by atoms with E-state index in [1.807, 2.05) is 12.1 Å². The number of rotatable bonds is 6. The van der Waals surface area contributed by atoms with E-state index >= 15 is 0 Å². The molecule has 1 N–H and O–H groups in total. The summed E-state index contributed by atoms with van der Waals surface area (Å²) in [5, 5.41) is 3.17. The van der Waals surface area contributed by atoms with Crippen LogP contribution in [0.2, 0.25) is 0 Å². The van der Waals surface area contributed by atoms with Gasteiger partial charge in [0.15, 0.2) is 0 Å². The van der Waals surface area contributed by atoms with Gasteiger partial charge in [-0.2, -0.15) is 0 Å². The third-order valence-corrected chi connectivity index (χ3v) is 5.97. The Balaban J connectivity index is 1.32. The Bertz CT molecular complexity index is 561. The second-order valence-corrected chi connectivity index (χ2v) is 8.00. The fourth-order valence-electron chi connectivity index (χ4n) is 4.10. The summed E-state index contributed by atoms with van der Waals surface area (Å²) in [6.45, 7) is 5.90. The Labute approximate surface area is 156 Å². The minimum absolute atomic E-state index is 0.150. The molecule has 26 heavy (non-hydrogen) atoms. The maximum absolute atomic E-state index is 13.0. The monoisotopic (exact) mass is 361 g/mol. The summed E-state index contributed by atoms with van der Waals surface area (Å²) in [5.41, 5.74) is 1.13. The summed E-state index contributed by atoms with van der Waals surface area (Å²) in [5.74, 6) is 0.963. The van der Waals surface area contributed by atoms with E-state index in [0.717, 1.165) is 56.9 Å². The maximum Gasteiger partial charge on any atom is 0.223 e. The highest BCUT2D eigenvalue weighted by atomic mass is 19.1. The van der Waals surface area contributed by atoms with Gasteiger partial charge in [-0.05, 0) is 88.9 Å². The van der Waals surface area contributed by atoms with Gasteiger partial charge >= 0.3 is 0 Å². The molecule has 1 amide bonds. The number of carbonyl (C=O) groups is 1. The van der Waals surface area contributed by atoms with Crippen LogP contribution in [0.4, 0.5) is 4.39 Å². The van der Waals surface area contributed by atoms with Gasteiger partial charge in [-0.3, -0.25) is 9.69 Å². The first kappa shape index (κ1) is 19.3. The molecule has 1 aromatic carbocycles. The van der Waals surface area contributed by atoms with E-state index < -0.39 is 0 Å². The summed E-state index contributed by atoms with van der Waals surface area (Å²) in [6.07, 6.45) is 5.47.